The molecule has 1 atom stereocenters. The molecule has 0 fully saturated rings. The van der Waals surface area contributed by atoms with Crippen molar-refractivity contribution in [3.63, 3.8) is 0 Å². The first-order valence-electron chi connectivity index (χ1n) is 5.28. The molecule has 1 unspecified atom stereocenters. The average molecular weight is 256 g/mol. The van der Waals surface area contributed by atoms with E-state index in [0.717, 1.165) is 0 Å². The predicted octanol–water partition coefficient (Wildman–Crippen LogP) is 2.11. The Bertz CT molecular complexity index is 545. The fraction of sp³-hybridized carbons (Fsp3) is 0.250. The average Bonchev–Trinajstić information content (AvgIpc) is 2.62. The van der Waals surface area contributed by atoms with Crippen LogP contribution < -0.4 is 0 Å². The molecule has 0 spiro atoms. The second-order valence-corrected chi connectivity index (χ2v) is 3.98. The highest BCUT2D eigenvalue weighted by molar-refractivity contribution is 5.24. The number of hydrogen-bond acceptors (Lipinski definition) is 2. The minimum Gasteiger partial charge on any atom is -0.388 e. The summed E-state index contributed by atoms with van der Waals surface area (Å²) in [6.07, 6.45) is 0.209. The molecular formula is C12H11F3N2O. The smallest absolute Gasteiger partial charge is 0.134 e. The highest BCUT2D eigenvalue weighted by Gasteiger charge is 2.20. The van der Waals surface area contributed by atoms with Gasteiger partial charge >= 0.3 is 0 Å². The standard InChI is InChI=1S/C12H11F3N2O/c1-17-3-2-8(16-17)6-11(18)12-9(14)4-7(13)5-10(12)15/h2-5,11,18H,6H2,1H3. The number of aliphatic hydroxyl groups is 1. The fourth-order valence-electron chi connectivity index (χ4n) is 1.74. The first-order chi connectivity index (χ1) is 8.47. The summed E-state index contributed by atoms with van der Waals surface area (Å²) in [5.41, 5.74) is -0.0461. The number of aromatic nitrogens is 2. The molecular weight excluding hydrogens is 245 g/mol. The van der Waals surface area contributed by atoms with Crippen LogP contribution in [0.25, 0.3) is 0 Å². The minimum absolute atomic E-state index is 0.0414. The Kier molecular flexibility index (Phi) is 3.38. The van der Waals surface area contributed by atoms with E-state index >= 15 is 0 Å². The second-order valence-electron chi connectivity index (χ2n) is 3.98. The van der Waals surface area contributed by atoms with Crippen molar-refractivity contribution in [1.82, 2.24) is 9.78 Å². The van der Waals surface area contributed by atoms with Crippen molar-refractivity contribution in [2.24, 2.45) is 7.05 Å². The van der Waals surface area contributed by atoms with Crippen LogP contribution >= 0.6 is 0 Å². The number of rotatable bonds is 3. The van der Waals surface area contributed by atoms with Gasteiger partial charge in [-0.2, -0.15) is 5.10 Å². The maximum absolute atomic E-state index is 13.4. The van der Waals surface area contributed by atoms with E-state index in [4.69, 9.17) is 0 Å². The van der Waals surface area contributed by atoms with E-state index in [-0.39, 0.29) is 6.42 Å². The van der Waals surface area contributed by atoms with Crippen LogP contribution in [0, 0.1) is 17.5 Å². The number of nitrogens with zero attached hydrogens (tertiary/aromatic N) is 2. The van der Waals surface area contributed by atoms with Crippen molar-refractivity contribution < 1.29 is 18.3 Å². The molecule has 1 heterocycles. The lowest BCUT2D eigenvalue weighted by Crippen LogP contribution is -2.08. The van der Waals surface area contributed by atoms with Gasteiger partial charge in [0.2, 0.25) is 0 Å². The van der Waals surface area contributed by atoms with Gasteiger partial charge in [0.1, 0.15) is 17.5 Å². The van der Waals surface area contributed by atoms with Crippen molar-refractivity contribution >= 4 is 0 Å². The van der Waals surface area contributed by atoms with Crippen LogP contribution in [-0.2, 0) is 13.5 Å². The molecule has 0 saturated carbocycles. The Morgan fingerprint density at radius 3 is 2.39 bits per heavy atom. The Morgan fingerprint density at radius 2 is 1.89 bits per heavy atom. The molecule has 18 heavy (non-hydrogen) atoms. The van der Waals surface area contributed by atoms with Gasteiger partial charge < -0.3 is 5.11 Å². The molecule has 1 aromatic carbocycles. The Labute approximate surface area is 101 Å². The molecule has 0 radical (unpaired) electrons. The first kappa shape index (κ1) is 12.6. The second kappa shape index (κ2) is 4.81. The molecule has 0 bridgehead atoms. The summed E-state index contributed by atoms with van der Waals surface area (Å²) in [6.45, 7) is 0. The molecule has 6 heteroatoms. The number of halogens is 3. The molecule has 0 saturated heterocycles. The van der Waals surface area contributed by atoms with Gasteiger partial charge in [-0.1, -0.05) is 0 Å². The van der Waals surface area contributed by atoms with Crippen molar-refractivity contribution in [2.45, 2.75) is 12.5 Å². The molecule has 0 aliphatic rings. The summed E-state index contributed by atoms with van der Waals surface area (Å²) >= 11 is 0. The summed E-state index contributed by atoms with van der Waals surface area (Å²) in [4.78, 5) is 0. The van der Waals surface area contributed by atoms with Gasteiger partial charge in [-0.25, -0.2) is 13.2 Å². The number of aliphatic hydroxyl groups excluding tert-OH is 1. The topological polar surface area (TPSA) is 38.0 Å². The molecule has 1 aromatic heterocycles. The van der Waals surface area contributed by atoms with E-state index in [2.05, 4.69) is 5.10 Å². The zero-order valence-corrected chi connectivity index (χ0v) is 9.57. The van der Waals surface area contributed by atoms with Crippen LogP contribution in [0.3, 0.4) is 0 Å². The molecule has 96 valence electrons. The molecule has 0 aliphatic heterocycles. The van der Waals surface area contributed by atoms with Crippen LogP contribution in [0.5, 0.6) is 0 Å². The van der Waals surface area contributed by atoms with Crippen molar-refractivity contribution in [2.75, 3.05) is 0 Å². The summed E-state index contributed by atoms with van der Waals surface area (Å²) in [6, 6.07) is 2.71. The van der Waals surface area contributed by atoms with E-state index in [9.17, 15) is 18.3 Å². The SMILES string of the molecule is Cn1ccc(CC(O)c2c(F)cc(F)cc2F)n1. The lowest BCUT2D eigenvalue weighted by Gasteiger charge is -2.11. The quantitative estimate of drug-likeness (QED) is 0.913. The van der Waals surface area contributed by atoms with Crippen LogP contribution in [0.1, 0.15) is 17.4 Å². The summed E-state index contributed by atoms with van der Waals surface area (Å²) in [5.74, 6) is -3.22. The van der Waals surface area contributed by atoms with Gasteiger partial charge in [0, 0.05) is 31.8 Å². The lowest BCUT2D eigenvalue weighted by atomic mass is 10.0. The number of benzene rings is 1. The van der Waals surface area contributed by atoms with Crippen molar-refractivity contribution in [1.29, 1.82) is 0 Å². The van der Waals surface area contributed by atoms with E-state index in [1.807, 2.05) is 0 Å². The van der Waals surface area contributed by atoms with Crippen molar-refractivity contribution in [3.8, 4) is 0 Å². The lowest BCUT2D eigenvalue weighted by molar-refractivity contribution is 0.166. The molecule has 2 rings (SSSR count). The zero-order valence-electron chi connectivity index (χ0n) is 9.57. The molecule has 2 aromatic rings. The summed E-state index contributed by atoms with van der Waals surface area (Å²) < 4.78 is 41.0. The number of hydrogen-bond donors (Lipinski definition) is 1. The van der Waals surface area contributed by atoms with Gasteiger partial charge in [0.15, 0.2) is 0 Å². The Morgan fingerprint density at radius 1 is 1.28 bits per heavy atom. The molecule has 3 nitrogen and oxygen atoms in total. The van der Waals surface area contributed by atoms with Gasteiger partial charge in [0.25, 0.3) is 0 Å². The van der Waals surface area contributed by atoms with E-state index in [1.165, 1.54) is 4.68 Å². The summed E-state index contributed by atoms with van der Waals surface area (Å²) in [5, 5.41) is 13.8. The van der Waals surface area contributed by atoms with Crippen molar-refractivity contribution in [3.05, 3.63) is 53.1 Å². The predicted molar refractivity (Wildman–Crippen MR) is 58.2 cm³/mol. The Balaban J connectivity index is 2.26. The van der Waals surface area contributed by atoms with Crippen LogP contribution in [0.4, 0.5) is 13.2 Å². The van der Waals surface area contributed by atoms with Crippen LogP contribution in [0.2, 0.25) is 0 Å². The maximum atomic E-state index is 13.4. The third-order valence-corrected chi connectivity index (χ3v) is 2.55. The molecule has 0 aliphatic carbocycles. The highest BCUT2D eigenvalue weighted by atomic mass is 19.1. The molecule has 0 amide bonds. The maximum Gasteiger partial charge on any atom is 0.134 e. The Hall–Kier alpha value is -1.82. The van der Waals surface area contributed by atoms with Gasteiger partial charge in [0.05, 0.1) is 17.4 Å². The third kappa shape index (κ3) is 2.53. The van der Waals surface area contributed by atoms with Gasteiger partial charge in [-0.3, -0.25) is 4.68 Å². The van der Waals surface area contributed by atoms with Gasteiger partial charge in [-0.05, 0) is 6.07 Å². The molecule has 1 N–H and O–H groups in total. The first-order valence-corrected chi connectivity index (χ1v) is 5.28. The van der Waals surface area contributed by atoms with Crippen LogP contribution in [-0.4, -0.2) is 14.9 Å². The number of aryl methyl sites for hydroxylation is 1. The fourth-order valence-corrected chi connectivity index (χ4v) is 1.74. The third-order valence-electron chi connectivity index (χ3n) is 2.55. The highest BCUT2D eigenvalue weighted by Crippen LogP contribution is 2.24. The largest absolute Gasteiger partial charge is 0.388 e. The van der Waals surface area contributed by atoms with Gasteiger partial charge in [-0.15, -0.1) is 0 Å². The zero-order chi connectivity index (χ0) is 13.3. The van der Waals surface area contributed by atoms with Crippen LogP contribution in [0.15, 0.2) is 24.4 Å². The van der Waals surface area contributed by atoms with E-state index in [0.29, 0.717) is 17.8 Å². The summed E-state index contributed by atoms with van der Waals surface area (Å²) in [7, 11) is 1.69. The van der Waals surface area contributed by atoms with E-state index < -0.39 is 29.1 Å². The minimum atomic E-state index is -1.40. The normalized spacial score (nSPS) is 12.7. The van der Waals surface area contributed by atoms with E-state index in [1.54, 1.807) is 19.3 Å². The monoisotopic (exact) mass is 256 g/mol.